The monoisotopic (exact) mass is 354 g/mol. The zero-order chi connectivity index (χ0) is 17.4. The lowest BCUT2D eigenvalue weighted by Crippen LogP contribution is -2.42. The molecule has 6 nitrogen and oxygen atoms in total. The smallest absolute Gasteiger partial charge is 0.258 e. The zero-order valence-electron chi connectivity index (χ0n) is 13.8. The first-order valence-electron chi connectivity index (χ1n) is 8.07. The number of benzene rings is 1. The van der Waals surface area contributed by atoms with E-state index in [4.69, 9.17) is 21.1 Å². The summed E-state index contributed by atoms with van der Waals surface area (Å²) >= 11 is 5.78. The topological polar surface area (TPSA) is 67.9 Å². The third kappa shape index (κ3) is 6.37. The molecule has 132 valence electrons. The van der Waals surface area contributed by atoms with E-state index in [1.54, 1.807) is 29.2 Å². The molecule has 0 aromatic heterocycles. The maximum absolute atomic E-state index is 11.8. The van der Waals surface area contributed by atoms with Gasteiger partial charge in [0.1, 0.15) is 5.75 Å². The van der Waals surface area contributed by atoms with Gasteiger partial charge in [0.15, 0.2) is 6.61 Å². The number of carbonyl (C=O) groups is 2. The van der Waals surface area contributed by atoms with Gasteiger partial charge in [-0.3, -0.25) is 9.59 Å². The number of nitrogens with one attached hydrogen (secondary N) is 1. The summed E-state index contributed by atoms with van der Waals surface area (Å²) in [5.74, 6) is 0.334. The van der Waals surface area contributed by atoms with E-state index in [0.717, 1.165) is 19.4 Å². The lowest BCUT2D eigenvalue weighted by atomic mass is 10.2. The standard InChI is InChI=1S/C17H23ClN2O4/c1-13(21)20(11-16-3-2-10-23-16)9-8-19-17(22)12-24-15-6-4-14(18)5-7-15/h4-7,16H,2-3,8-12H2,1H3,(H,19,22). The van der Waals surface area contributed by atoms with Gasteiger partial charge in [0.25, 0.3) is 5.91 Å². The summed E-state index contributed by atoms with van der Waals surface area (Å²) < 4.78 is 10.9. The normalized spacial score (nSPS) is 16.7. The van der Waals surface area contributed by atoms with Crippen molar-refractivity contribution in [1.82, 2.24) is 10.2 Å². The van der Waals surface area contributed by atoms with Crippen molar-refractivity contribution < 1.29 is 19.1 Å². The summed E-state index contributed by atoms with van der Waals surface area (Å²) in [6.07, 6.45) is 2.12. The van der Waals surface area contributed by atoms with Crippen LogP contribution in [0.25, 0.3) is 0 Å². The number of rotatable bonds is 8. The third-order valence-electron chi connectivity index (χ3n) is 3.78. The second-order valence-electron chi connectivity index (χ2n) is 5.69. The first-order valence-corrected chi connectivity index (χ1v) is 8.44. The van der Waals surface area contributed by atoms with Crippen LogP contribution in [0.4, 0.5) is 0 Å². The molecule has 0 spiro atoms. The van der Waals surface area contributed by atoms with Gasteiger partial charge in [0.05, 0.1) is 6.10 Å². The Labute approximate surface area is 147 Å². The van der Waals surface area contributed by atoms with Gasteiger partial charge in [-0.25, -0.2) is 0 Å². The summed E-state index contributed by atoms with van der Waals surface area (Å²) in [6.45, 7) is 3.63. The molecule has 1 fully saturated rings. The van der Waals surface area contributed by atoms with Gasteiger partial charge >= 0.3 is 0 Å². The van der Waals surface area contributed by atoms with Gasteiger partial charge in [0, 0.05) is 38.2 Å². The first-order chi connectivity index (χ1) is 11.5. The average molecular weight is 355 g/mol. The highest BCUT2D eigenvalue weighted by Gasteiger charge is 2.20. The molecule has 1 heterocycles. The van der Waals surface area contributed by atoms with Crippen LogP contribution in [-0.4, -0.2) is 55.7 Å². The lowest BCUT2D eigenvalue weighted by Gasteiger charge is -2.24. The summed E-state index contributed by atoms with van der Waals surface area (Å²) in [5, 5.41) is 3.36. The van der Waals surface area contributed by atoms with E-state index in [-0.39, 0.29) is 24.5 Å². The van der Waals surface area contributed by atoms with Crippen molar-refractivity contribution in [2.75, 3.05) is 32.8 Å². The van der Waals surface area contributed by atoms with Crippen LogP contribution in [0, 0.1) is 0 Å². The highest BCUT2D eigenvalue weighted by atomic mass is 35.5. The minimum Gasteiger partial charge on any atom is -0.484 e. The van der Waals surface area contributed by atoms with Crippen molar-refractivity contribution in [3.05, 3.63) is 29.3 Å². The lowest BCUT2D eigenvalue weighted by molar-refractivity contribution is -0.131. The molecule has 1 atom stereocenters. The SMILES string of the molecule is CC(=O)N(CCNC(=O)COc1ccc(Cl)cc1)CC1CCCO1. The van der Waals surface area contributed by atoms with Crippen molar-refractivity contribution in [3.63, 3.8) is 0 Å². The van der Waals surface area contributed by atoms with Gasteiger partial charge in [-0.15, -0.1) is 0 Å². The number of nitrogens with zero attached hydrogens (tertiary/aromatic N) is 1. The second kappa shape index (κ2) is 9.49. The Balaban J connectivity index is 1.66. The Kier molecular flexibility index (Phi) is 7.34. The number of carbonyl (C=O) groups excluding carboxylic acids is 2. The number of hydrogen-bond acceptors (Lipinski definition) is 4. The molecule has 7 heteroatoms. The Morgan fingerprint density at radius 1 is 1.38 bits per heavy atom. The van der Waals surface area contributed by atoms with Gasteiger partial charge in [-0.1, -0.05) is 11.6 Å². The molecule has 1 aliphatic rings. The van der Waals surface area contributed by atoms with Crippen LogP contribution in [0.2, 0.25) is 5.02 Å². The number of ether oxygens (including phenoxy) is 2. The largest absolute Gasteiger partial charge is 0.484 e. The summed E-state index contributed by atoms with van der Waals surface area (Å²) in [4.78, 5) is 25.2. The van der Waals surface area contributed by atoms with E-state index < -0.39 is 0 Å². The molecule has 24 heavy (non-hydrogen) atoms. The van der Waals surface area contributed by atoms with E-state index >= 15 is 0 Å². The fourth-order valence-electron chi connectivity index (χ4n) is 2.47. The van der Waals surface area contributed by atoms with E-state index in [1.165, 1.54) is 6.92 Å². The fraction of sp³-hybridized carbons (Fsp3) is 0.529. The minimum absolute atomic E-state index is 0.0165. The molecule has 1 aliphatic heterocycles. The first kappa shape index (κ1) is 18.5. The summed E-state index contributed by atoms with van der Waals surface area (Å²) in [7, 11) is 0. The highest BCUT2D eigenvalue weighted by molar-refractivity contribution is 6.30. The maximum atomic E-state index is 11.8. The second-order valence-corrected chi connectivity index (χ2v) is 6.13. The molecule has 0 aliphatic carbocycles. The molecule has 0 bridgehead atoms. The van der Waals surface area contributed by atoms with Crippen molar-refractivity contribution in [2.45, 2.75) is 25.9 Å². The summed E-state index contributed by atoms with van der Waals surface area (Å²) in [6, 6.07) is 6.80. The van der Waals surface area contributed by atoms with E-state index in [9.17, 15) is 9.59 Å². The Morgan fingerprint density at radius 3 is 2.75 bits per heavy atom. The molecule has 2 rings (SSSR count). The molecule has 1 aromatic rings. The molecule has 2 amide bonds. The summed E-state index contributed by atoms with van der Waals surface area (Å²) in [5.41, 5.74) is 0. The fourth-order valence-corrected chi connectivity index (χ4v) is 2.60. The van der Waals surface area contributed by atoms with Gasteiger partial charge in [0.2, 0.25) is 5.91 Å². The highest BCUT2D eigenvalue weighted by Crippen LogP contribution is 2.15. The molecule has 1 aromatic carbocycles. The van der Waals surface area contributed by atoms with Gasteiger partial charge < -0.3 is 19.7 Å². The molecule has 0 saturated carbocycles. The predicted octanol–water partition coefficient (Wildman–Crippen LogP) is 1.86. The third-order valence-corrected chi connectivity index (χ3v) is 4.03. The van der Waals surface area contributed by atoms with Crippen LogP contribution in [-0.2, 0) is 14.3 Å². The van der Waals surface area contributed by atoms with Crippen LogP contribution in [0.5, 0.6) is 5.75 Å². The zero-order valence-corrected chi connectivity index (χ0v) is 14.6. The number of hydrogen-bond donors (Lipinski definition) is 1. The molecule has 1 saturated heterocycles. The molecular weight excluding hydrogens is 332 g/mol. The predicted molar refractivity (Wildman–Crippen MR) is 91.2 cm³/mol. The minimum atomic E-state index is -0.231. The quantitative estimate of drug-likeness (QED) is 0.773. The van der Waals surface area contributed by atoms with E-state index in [1.807, 2.05) is 0 Å². The van der Waals surface area contributed by atoms with Crippen molar-refractivity contribution in [1.29, 1.82) is 0 Å². The van der Waals surface area contributed by atoms with Crippen molar-refractivity contribution >= 4 is 23.4 Å². The van der Waals surface area contributed by atoms with Crippen LogP contribution in [0.1, 0.15) is 19.8 Å². The molecule has 1 N–H and O–H groups in total. The Hall–Kier alpha value is -1.79. The van der Waals surface area contributed by atoms with Crippen LogP contribution >= 0.6 is 11.6 Å². The van der Waals surface area contributed by atoms with E-state index in [2.05, 4.69) is 5.32 Å². The average Bonchev–Trinajstić information content (AvgIpc) is 3.06. The van der Waals surface area contributed by atoms with Crippen molar-refractivity contribution in [2.24, 2.45) is 0 Å². The molecular formula is C17H23ClN2O4. The van der Waals surface area contributed by atoms with Crippen LogP contribution < -0.4 is 10.1 Å². The van der Waals surface area contributed by atoms with E-state index in [0.29, 0.717) is 30.4 Å². The molecule has 1 unspecified atom stereocenters. The van der Waals surface area contributed by atoms with Crippen LogP contribution in [0.3, 0.4) is 0 Å². The maximum Gasteiger partial charge on any atom is 0.258 e. The Bertz CT molecular complexity index is 544. The Morgan fingerprint density at radius 2 is 2.12 bits per heavy atom. The van der Waals surface area contributed by atoms with Crippen LogP contribution in [0.15, 0.2) is 24.3 Å². The van der Waals surface area contributed by atoms with Gasteiger partial charge in [-0.05, 0) is 37.1 Å². The number of halogens is 1. The molecule has 0 radical (unpaired) electrons. The number of amides is 2. The van der Waals surface area contributed by atoms with Crippen molar-refractivity contribution in [3.8, 4) is 5.75 Å². The van der Waals surface area contributed by atoms with Gasteiger partial charge in [-0.2, -0.15) is 0 Å².